The summed E-state index contributed by atoms with van der Waals surface area (Å²) in [6, 6.07) is 26.0. The molecule has 0 radical (unpaired) electrons. The van der Waals surface area contributed by atoms with Crippen LogP contribution < -0.4 is 10.7 Å². The van der Waals surface area contributed by atoms with E-state index in [0.29, 0.717) is 10.0 Å². The van der Waals surface area contributed by atoms with Crippen LogP contribution in [0.25, 0.3) is 28.1 Å². The van der Waals surface area contributed by atoms with Gasteiger partial charge in [-0.15, -0.1) is 0 Å². The monoisotopic (exact) mass is 570 g/mol. The summed E-state index contributed by atoms with van der Waals surface area (Å²) in [5.41, 5.74) is 7.17. The Morgan fingerprint density at radius 3 is 2.20 bits per heavy atom. The van der Waals surface area contributed by atoms with Gasteiger partial charge in [0.25, 0.3) is 0 Å². The second kappa shape index (κ2) is 12.0. The lowest BCUT2D eigenvalue weighted by Gasteiger charge is -2.21. The van der Waals surface area contributed by atoms with E-state index in [9.17, 15) is 5.11 Å². The lowest BCUT2D eigenvalue weighted by molar-refractivity contribution is 0.282. The Hall–Kier alpha value is -3.38. The van der Waals surface area contributed by atoms with Gasteiger partial charge in [-0.2, -0.15) is 0 Å². The van der Waals surface area contributed by atoms with Crippen molar-refractivity contribution in [1.82, 2.24) is 9.55 Å². The average molecular weight is 572 g/mol. The number of hydrogen-bond acceptors (Lipinski definition) is 4. The molecule has 2 N–H and O–H groups in total. The molecule has 40 heavy (non-hydrogen) atoms. The Labute approximate surface area is 244 Å². The fourth-order valence-electron chi connectivity index (χ4n) is 5.56. The fraction of sp³-hybridized carbons (Fsp3) is 0.273. The molecule has 1 aliphatic heterocycles. The third-order valence-electron chi connectivity index (χ3n) is 7.64. The molecule has 1 heterocycles. The van der Waals surface area contributed by atoms with E-state index >= 15 is 0 Å². The summed E-state index contributed by atoms with van der Waals surface area (Å²) in [4.78, 5) is 10.4. The molecule has 0 spiro atoms. The van der Waals surface area contributed by atoms with Crippen LogP contribution in [0.2, 0.25) is 10.0 Å². The third kappa shape index (κ3) is 5.87. The molecule has 204 valence electrons. The highest BCUT2D eigenvalue weighted by atomic mass is 35.5. The van der Waals surface area contributed by atoms with Crippen molar-refractivity contribution in [2.75, 3.05) is 5.32 Å². The average Bonchev–Trinajstić information content (AvgIpc) is 2.95. The van der Waals surface area contributed by atoms with Gasteiger partial charge in [0, 0.05) is 21.4 Å². The molecule has 3 aliphatic rings. The van der Waals surface area contributed by atoms with Crippen molar-refractivity contribution in [3.8, 4) is 17.1 Å². The molecule has 6 rings (SSSR count). The summed E-state index contributed by atoms with van der Waals surface area (Å²) in [6.07, 6.45) is 8.52. The van der Waals surface area contributed by atoms with Crippen LogP contribution in [-0.2, 0) is 6.61 Å². The number of benzene rings is 4. The Bertz CT molecular complexity index is 1650. The van der Waals surface area contributed by atoms with E-state index < -0.39 is 0 Å². The highest BCUT2D eigenvalue weighted by Crippen LogP contribution is 2.32. The largest absolute Gasteiger partial charge is 0.392 e. The maximum absolute atomic E-state index is 9.80. The van der Waals surface area contributed by atoms with Crippen LogP contribution in [-0.4, -0.2) is 20.7 Å². The van der Waals surface area contributed by atoms with Gasteiger partial charge in [-0.25, -0.2) is 4.98 Å². The summed E-state index contributed by atoms with van der Waals surface area (Å²) in [6.45, 7) is -0.0425. The molecule has 5 nitrogen and oxygen atoms in total. The fourth-order valence-corrected chi connectivity index (χ4v) is 5.82. The van der Waals surface area contributed by atoms with Gasteiger partial charge in [-0.1, -0.05) is 61.4 Å². The molecule has 0 aromatic heterocycles. The smallest absolute Gasteiger partial charge is 0.0900 e. The van der Waals surface area contributed by atoms with Gasteiger partial charge in [-0.05, 0) is 91.2 Å². The van der Waals surface area contributed by atoms with E-state index in [1.807, 2.05) is 66.7 Å². The number of fused-ring (bicyclic) bond motifs is 2. The Morgan fingerprint density at radius 2 is 1.50 bits per heavy atom. The number of hydrogen-bond donors (Lipinski definition) is 2. The van der Waals surface area contributed by atoms with E-state index in [0.717, 1.165) is 63.2 Å². The van der Waals surface area contributed by atoms with Crippen molar-refractivity contribution in [3.63, 3.8) is 0 Å². The first-order chi connectivity index (χ1) is 19.6. The van der Waals surface area contributed by atoms with Crippen LogP contribution in [0.5, 0.6) is 0 Å². The summed E-state index contributed by atoms with van der Waals surface area (Å²) in [5.74, 6) is 0. The van der Waals surface area contributed by atoms with Crippen molar-refractivity contribution in [2.24, 2.45) is 4.99 Å². The van der Waals surface area contributed by atoms with Crippen LogP contribution in [0.4, 0.5) is 11.4 Å². The quantitative estimate of drug-likeness (QED) is 0.208. The van der Waals surface area contributed by atoms with Gasteiger partial charge < -0.3 is 15.0 Å². The summed E-state index contributed by atoms with van der Waals surface area (Å²) in [7, 11) is 0. The molecular formula is C33H32Cl2N4O. The highest BCUT2D eigenvalue weighted by Gasteiger charge is 2.18. The molecule has 1 fully saturated rings. The second-order valence-electron chi connectivity index (χ2n) is 10.5. The Morgan fingerprint density at radius 1 is 0.825 bits per heavy atom. The minimum Gasteiger partial charge on any atom is -0.392 e. The maximum atomic E-state index is 9.80. The SMILES string of the molecule is OCc1ccc2c(c1)nc1cc(Nc3ccc(Cl)cc3)c(=NC3CCCCCCC3)cc-1n2-c1ccc(Cl)cc1. The summed E-state index contributed by atoms with van der Waals surface area (Å²) in [5, 5.41) is 15.7. The van der Waals surface area contributed by atoms with Crippen molar-refractivity contribution in [1.29, 1.82) is 0 Å². The molecule has 3 aromatic rings. The molecule has 2 aliphatic carbocycles. The van der Waals surface area contributed by atoms with Gasteiger partial charge in [0.05, 0.1) is 46.1 Å². The summed E-state index contributed by atoms with van der Waals surface area (Å²) >= 11 is 12.4. The first kappa shape index (κ1) is 26.8. The number of nitrogens with one attached hydrogen (secondary N) is 1. The van der Waals surface area contributed by atoms with E-state index in [1.165, 1.54) is 32.1 Å². The third-order valence-corrected chi connectivity index (χ3v) is 8.15. The lowest BCUT2D eigenvalue weighted by atomic mass is 9.97. The highest BCUT2D eigenvalue weighted by molar-refractivity contribution is 6.30. The first-order valence-corrected chi connectivity index (χ1v) is 14.8. The van der Waals surface area contributed by atoms with Crippen molar-refractivity contribution in [3.05, 3.63) is 99.8 Å². The molecule has 0 amide bonds. The van der Waals surface area contributed by atoms with E-state index in [-0.39, 0.29) is 12.6 Å². The van der Waals surface area contributed by atoms with Gasteiger partial charge in [-0.3, -0.25) is 4.99 Å². The maximum Gasteiger partial charge on any atom is 0.0900 e. The van der Waals surface area contributed by atoms with E-state index in [1.54, 1.807) is 0 Å². The zero-order valence-electron chi connectivity index (χ0n) is 22.3. The van der Waals surface area contributed by atoms with Crippen LogP contribution in [0.15, 0.2) is 83.9 Å². The second-order valence-corrected chi connectivity index (χ2v) is 11.4. The van der Waals surface area contributed by atoms with Gasteiger partial charge in [0.15, 0.2) is 0 Å². The minimum absolute atomic E-state index is 0.0425. The standard InChI is InChI=1S/C33H32Cl2N4O/c34-23-9-13-26(14-10-23)37-28-19-31-33(20-29(28)36-25-6-4-2-1-3-5-7-25)39(27-15-11-24(35)12-16-27)32-17-8-22(21-40)18-30(32)38-31/h8-20,25,37,40H,1-7,21H2. The zero-order chi connectivity index (χ0) is 27.5. The molecule has 0 saturated heterocycles. The van der Waals surface area contributed by atoms with Crippen LogP contribution in [0.1, 0.15) is 50.5 Å². The Balaban J connectivity index is 1.60. The Kier molecular flexibility index (Phi) is 8.05. The minimum atomic E-state index is -0.0425. The van der Waals surface area contributed by atoms with Crippen molar-refractivity contribution >= 4 is 45.6 Å². The van der Waals surface area contributed by atoms with E-state index in [2.05, 4.69) is 22.0 Å². The molecule has 0 bridgehead atoms. The van der Waals surface area contributed by atoms with Gasteiger partial charge in [0.1, 0.15) is 0 Å². The topological polar surface area (TPSA) is 62.4 Å². The van der Waals surface area contributed by atoms with E-state index in [4.69, 9.17) is 33.2 Å². The normalized spacial score (nSPS) is 15.3. The number of nitrogens with zero attached hydrogens (tertiary/aromatic N) is 3. The van der Waals surface area contributed by atoms with Crippen LogP contribution >= 0.6 is 23.2 Å². The number of aliphatic hydroxyl groups is 1. The number of aliphatic hydroxyl groups excluding tert-OH is 1. The zero-order valence-corrected chi connectivity index (χ0v) is 23.8. The molecule has 0 atom stereocenters. The van der Waals surface area contributed by atoms with Crippen LogP contribution in [0, 0.1) is 0 Å². The van der Waals surface area contributed by atoms with Gasteiger partial charge >= 0.3 is 0 Å². The van der Waals surface area contributed by atoms with Gasteiger partial charge in [0.2, 0.25) is 0 Å². The number of aromatic nitrogens is 2. The number of rotatable bonds is 5. The molecule has 7 heteroatoms. The predicted molar refractivity (Wildman–Crippen MR) is 165 cm³/mol. The molecule has 3 aromatic carbocycles. The van der Waals surface area contributed by atoms with Crippen LogP contribution in [0.3, 0.4) is 0 Å². The van der Waals surface area contributed by atoms with Crippen molar-refractivity contribution in [2.45, 2.75) is 57.6 Å². The molecule has 1 saturated carbocycles. The van der Waals surface area contributed by atoms with Crippen molar-refractivity contribution < 1.29 is 5.11 Å². The summed E-state index contributed by atoms with van der Waals surface area (Å²) < 4.78 is 2.21. The molecular weight excluding hydrogens is 539 g/mol. The number of halogens is 2. The molecule has 0 unspecified atom stereocenters. The first-order valence-electron chi connectivity index (χ1n) is 14.0. The number of anilines is 2. The predicted octanol–water partition coefficient (Wildman–Crippen LogP) is 8.69. The lowest BCUT2D eigenvalue weighted by Crippen LogP contribution is -2.19.